The van der Waals surface area contributed by atoms with Gasteiger partial charge in [-0.25, -0.2) is 9.37 Å². The highest BCUT2D eigenvalue weighted by atomic mass is 35.5. The van der Waals surface area contributed by atoms with Gasteiger partial charge in [-0.2, -0.15) is 0 Å². The van der Waals surface area contributed by atoms with Gasteiger partial charge in [0.2, 0.25) is 0 Å². The predicted octanol–water partition coefficient (Wildman–Crippen LogP) is 4.02. The lowest BCUT2D eigenvalue weighted by Crippen LogP contribution is -2.23. The molecule has 0 amide bonds. The number of rotatable bonds is 5. The average Bonchev–Trinajstić information content (AvgIpc) is 2.85. The first kappa shape index (κ1) is 13.5. The van der Waals surface area contributed by atoms with Crippen LogP contribution in [0.3, 0.4) is 0 Å². The van der Waals surface area contributed by atoms with Crippen LogP contribution in [-0.4, -0.2) is 11.5 Å². The van der Waals surface area contributed by atoms with Gasteiger partial charge in [0.05, 0.1) is 6.04 Å². The fraction of sp³-hybridized carbons (Fsp3) is 0.308. The minimum Gasteiger partial charge on any atom is -0.304 e. The van der Waals surface area contributed by atoms with Crippen molar-refractivity contribution in [2.75, 3.05) is 6.54 Å². The first-order valence-corrected chi connectivity index (χ1v) is 7.06. The van der Waals surface area contributed by atoms with E-state index in [1.807, 2.05) is 5.38 Å². The Morgan fingerprint density at radius 2 is 2.33 bits per heavy atom. The Bertz CT molecular complexity index is 502. The molecule has 1 N–H and O–H groups in total. The molecular weight excluding hydrogens is 271 g/mol. The van der Waals surface area contributed by atoms with Crippen LogP contribution in [0.5, 0.6) is 0 Å². The summed E-state index contributed by atoms with van der Waals surface area (Å²) in [4.78, 5) is 4.31. The van der Waals surface area contributed by atoms with E-state index in [9.17, 15) is 4.39 Å². The Balaban J connectivity index is 2.33. The lowest BCUT2D eigenvalue weighted by Gasteiger charge is -2.18. The Morgan fingerprint density at radius 1 is 1.50 bits per heavy atom. The summed E-state index contributed by atoms with van der Waals surface area (Å²) < 4.78 is 13.1. The minimum absolute atomic E-state index is 0.0713. The molecule has 0 bridgehead atoms. The normalized spacial score (nSPS) is 12.6. The molecule has 0 aliphatic carbocycles. The summed E-state index contributed by atoms with van der Waals surface area (Å²) in [5.74, 6) is -0.322. The summed E-state index contributed by atoms with van der Waals surface area (Å²) in [6, 6.07) is 4.41. The Kier molecular flexibility index (Phi) is 4.69. The van der Waals surface area contributed by atoms with Crippen molar-refractivity contribution in [2.45, 2.75) is 19.4 Å². The molecule has 0 saturated carbocycles. The highest BCUT2D eigenvalue weighted by molar-refractivity contribution is 7.09. The molecule has 1 heterocycles. The van der Waals surface area contributed by atoms with Gasteiger partial charge in [0, 0.05) is 16.6 Å². The second-order valence-electron chi connectivity index (χ2n) is 3.92. The quantitative estimate of drug-likeness (QED) is 0.897. The summed E-state index contributed by atoms with van der Waals surface area (Å²) in [5.41, 5.74) is 0.862. The number of aromatic nitrogens is 1. The van der Waals surface area contributed by atoms with Gasteiger partial charge < -0.3 is 5.32 Å². The number of hydrogen-bond acceptors (Lipinski definition) is 3. The number of nitrogens with zero attached hydrogens (tertiary/aromatic N) is 1. The van der Waals surface area contributed by atoms with E-state index < -0.39 is 0 Å². The molecule has 2 nitrogen and oxygen atoms in total. The smallest absolute Gasteiger partial charge is 0.124 e. The Hall–Kier alpha value is -0.970. The van der Waals surface area contributed by atoms with Crippen LogP contribution >= 0.6 is 22.9 Å². The maximum Gasteiger partial charge on any atom is 0.124 e. The van der Waals surface area contributed by atoms with Crippen LogP contribution in [0.1, 0.15) is 30.0 Å². The lowest BCUT2D eigenvalue weighted by atomic mass is 10.1. The van der Waals surface area contributed by atoms with Crippen molar-refractivity contribution < 1.29 is 4.39 Å². The lowest BCUT2D eigenvalue weighted by molar-refractivity contribution is 0.591. The maximum absolute atomic E-state index is 13.1. The van der Waals surface area contributed by atoms with Crippen molar-refractivity contribution in [3.63, 3.8) is 0 Å². The summed E-state index contributed by atoms with van der Waals surface area (Å²) in [7, 11) is 0. The van der Waals surface area contributed by atoms with E-state index in [4.69, 9.17) is 11.6 Å². The molecule has 1 atom stereocenters. The van der Waals surface area contributed by atoms with Crippen LogP contribution < -0.4 is 5.32 Å². The van der Waals surface area contributed by atoms with Gasteiger partial charge in [-0.3, -0.25) is 0 Å². The van der Waals surface area contributed by atoms with Crippen molar-refractivity contribution in [3.05, 3.63) is 51.2 Å². The maximum atomic E-state index is 13.1. The van der Waals surface area contributed by atoms with Crippen molar-refractivity contribution in [2.24, 2.45) is 0 Å². The molecule has 5 heteroatoms. The van der Waals surface area contributed by atoms with Crippen molar-refractivity contribution in [1.29, 1.82) is 0 Å². The van der Waals surface area contributed by atoms with E-state index in [0.717, 1.165) is 23.5 Å². The standard InChI is InChI=1S/C13H14ClFN2S/c1-2-5-16-12(13-17-6-7-18-13)10-4-3-9(15)8-11(10)14/h3-4,6-8,12,16H,2,5H2,1H3. The van der Waals surface area contributed by atoms with Crippen LogP contribution in [0.4, 0.5) is 4.39 Å². The van der Waals surface area contributed by atoms with Gasteiger partial charge in [0.15, 0.2) is 0 Å². The number of halogens is 2. The van der Waals surface area contributed by atoms with Crippen LogP contribution in [0, 0.1) is 5.82 Å². The molecule has 0 aliphatic heterocycles. The molecule has 1 aromatic carbocycles. The van der Waals surface area contributed by atoms with E-state index >= 15 is 0 Å². The van der Waals surface area contributed by atoms with Gasteiger partial charge in [-0.15, -0.1) is 11.3 Å². The van der Waals surface area contributed by atoms with E-state index in [0.29, 0.717) is 5.02 Å². The molecule has 18 heavy (non-hydrogen) atoms. The van der Waals surface area contributed by atoms with Gasteiger partial charge in [-0.1, -0.05) is 24.6 Å². The summed E-state index contributed by atoms with van der Waals surface area (Å²) in [6.07, 6.45) is 2.78. The number of thiazole rings is 1. The molecule has 2 rings (SSSR count). The van der Waals surface area contributed by atoms with Crippen LogP contribution in [-0.2, 0) is 0 Å². The molecule has 0 aliphatic rings. The molecule has 96 valence electrons. The van der Waals surface area contributed by atoms with E-state index in [-0.39, 0.29) is 11.9 Å². The Labute approximate surface area is 115 Å². The largest absolute Gasteiger partial charge is 0.304 e. The van der Waals surface area contributed by atoms with E-state index in [2.05, 4.69) is 17.2 Å². The summed E-state index contributed by atoms with van der Waals surface area (Å²) in [6.45, 7) is 2.95. The average molecular weight is 285 g/mol. The zero-order valence-corrected chi connectivity index (χ0v) is 11.6. The molecule has 1 unspecified atom stereocenters. The van der Waals surface area contributed by atoms with Gasteiger partial charge in [-0.05, 0) is 30.7 Å². The molecule has 0 fully saturated rings. The molecule has 0 saturated heterocycles. The van der Waals surface area contributed by atoms with Crippen LogP contribution in [0.2, 0.25) is 5.02 Å². The molecule has 0 radical (unpaired) electrons. The fourth-order valence-electron chi connectivity index (χ4n) is 1.73. The molecular formula is C13H14ClFN2S. The number of hydrogen-bond donors (Lipinski definition) is 1. The molecule has 0 spiro atoms. The summed E-state index contributed by atoms with van der Waals surface area (Å²) >= 11 is 7.68. The third-order valence-electron chi connectivity index (χ3n) is 2.57. The highest BCUT2D eigenvalue weighted by Gasteiger charge is 2.18. The SMILES string of the molecule is CCCNC(c1nccs1)c1ccc(F)cc1Cl. The second kappa shape index (κ2) is 6.27. The highest BCUT2D eigenvalue weighted by Crippen LogP contribution is 2.29. The van der Waals surface area contributed by atoms with Crippen LogP contribution in [0.25, 0.3) is 0 Å². The first-order chi connectivity index (χ1) is 8.72. The van der Waals surface area contributed by atoms with Gasteiger partial charge in [0.1, 0.15) is 10.8 Å². The topological polar surface area (TPSA) is 24.9 Å². The molecule has 1 aromatic heterocycles. The fourth-order valence-corrected chi connectivity index (χ4v) is 2.74. The van der Waals surface area contributed by atoms with Gasteiger partial charge in [0.25, 0.3) is 0 Å². The third kappa shape index (κ3) is 3.07. The third-order valence-corrected chi connectivity index (χ3v) is 3.74. The minimum atomic E-state index is -0.322. The van der Waals surface area contributed by atoms with Crippen molar-refractivity contribution in [3.8, 4) is 0 Å². The number of benzene rings is 1. The zero-order valence-electron chi connectivity index (χ0n) is 9.99. The van der Waals surface area contributed by atoms with Crippen LogP contribution in [0.15, 0.2) is 29.8 Å². The first-order valence-electron chi connectivity index (χ1n) is 5.80. The predicted molar refractivity (Wildman–Crippen MR) is 73.7 cm³/mol. The van der Waals surface area contributed by atoms with Crippen molar-refractivity contribution in [1.82, 2.24) is 10.3 Å². The van der Waals surface area contributed by atoms with E-state index in [1.54, 1.807) is 23.6 Å². The zero-order chi connectivity index (χ0) is 13.0. The molecule has 2 aromatic rings. The monoisotopic (exact) mass is 284 g/mol. The Morgan fingerprint density at radius 3 is 2.94 bits per heavy atom. The second-order valence-corrected chi connectivity index (χ2v) is 5.26. The van der Waals surface area contributed by atoms with Gasteiger partial charge >= 0.3 is 0 Å². The van der Waals surface area contributed by atoms with Crippen molar-refractivity contribution >= 4 is 22.9 Å². The van der Waals surface area contributed by atoms with E-state index in [1.165, 1.54) is 12.1 Å². The number of nitrogens with one attached hydrogen (secondary N) is 1. The summed E-state index contributed by atoms with van der Waals surface area (Å²) in [5, 5.41) is 6.68.